The smallest absolute Gasteiger partial charge is 0.230 e. The van der Waals surface area contributed by atoms with E-state index in [1.54, 1.807) is 7.11 Å². The third-order valence-electron chi connectivity index (χ3n) is 5.14. The summed E-state index contributed by atoms with van der Waals surface area (Å²) in [6, 6.07) is 24.7. The second-order valence-corrected chi connectivity index (χ2v) is 8.21. The molecule has 164 valence electrons. The summed E-state index contributed by atoms with van der Waals surface area (Å²) in [6.07, 6.45) is 2.18. The first-order chi connectivity index (χ1) is 16.2. The molecular formula is C26H21N3O3S. The first kappa shape index (κ1) is 20.8. The molecule has 0 bridgehead atoms. The molecule has 0 radical (unpaired) electrons. The lowest BCUT2D eigenvalue weighted by Crippen LogP contribution is -2.15. The maximum atomic E-state index is 12.9. The number of rotatable bonds is 7. The molecule has 33 heavy (non-hydrogen) atoms. The Balaban J connectivity index is 1.32. The minimum Gasteiger partial charge on any atom is -0.497 e. The maximum Gasteiger partial charge on any atom is 0.230 e. The van der Waals surface area contributed by atoms with Crippen LogP contribution in [0.4, 0.5) is 5.69 Å². The van der Waals surface area contributed by atoms with Gasteiger partial charge >= 0.3 is 0 Å². The van der Waals surface area contributed by atoms with Crippen molar-refractivity contribution in [3.8, 4) is 28.5 Å². The average Bonchev–Trinajstić information content (AvgIpc) is 3.43. The van der Waals surface area contributed by atoms with Crippen LogP contribution in [-0.4, -0.2) is 22.4 Å². The second kappa shape index (κ2) is 9.18. The molecule has 1 amide bonds. The van der Waals surface area contributed by atoms with Gasteiger partial charge in [0.1, 0.15) is 11.5 Å². The molecule has 0 fully saturated rings. The maximum absolute atomic E-state index is 12.9. The fraction of sp³-hybridized carbons (Fsp3) is 0.0769. The van der Waals surface area contributed by atoms with Gasteiger partial charge in [-0.05, 0) is 48.5 Å². The first-order valence-electron chi connectivity index (χ1n) is 10.4. The number of ether oxygens (including phenoxy) is 2. The molecule has 7 heteroatoms. The number of amides is 1. The standard InChI is InChI=1S/C26H21N3O3S/c1-31-20-13-11-18(12-14-20)23-16-29-19(17-33-26(29)28-23)15-25(30)27-22-9-5-6-10-24(22)32-21-7-3-2-4-8-21/h2-14,16-17H,15H2,1H3,(H,27,30). The predicted octanol–water partition coefficient (Wildman–Crippen LogP) is 6.04. The van der Waals surface area contributed by atoms with Crippen molar-refractivity contribution in [3.05, 3.63) is 96.1 Å². The van der Waals surface area contributed by atoms with Crippen LogP contribution < -0.4 is 14.8 Å². The van der Waals surface area contributed by atoms with Crippen molar-refractivity contribution in [1.29, 1.82) is 0 Å². The molecule has 0 atom stereocenters. The van der Waals surface area contributed by atoms with Gasteiger partial charge < -0.3 is 14.8 Å². The molecule has 0 aliphatic rings. The summed E-state index contributed by atoms with van der Waals surface area (Å²) in [7, 11) is 1.64. The zero-order valence-electron chi connectivity index (χ0n) is 17.9. The number of hydrogen-bond donors (Lipinski definition) is 1. The molecule has 2 aromatic heterocycles. The molecule has 5 aromatic rings. The summed E-state index contributed by atoms with van der Waals surface area (Å²) in [5, 5.41) is 4.94. The van der Waals surface area contributed by atoms with Crippen LogP contribution in [0.5, 0.6) is 17.2 Å². The van der Waals surface area contributed by atoms with Crippen LogP contribution in [-0.2, 0) is 11.2 Å². The highest BCUT2D eigenvalue weighted by Gasteiger charge is 2.14. The summed E-state index contributed by atoms with van der Waals surface area (Å²) in [4.78, 5) is 18.4. The summed E-state index contributed by atoms with van der Waals surface area (Å²) < 4.78 is 13.1. The normalized spacial score (nSPS) is 10.8. The zero-order chi connectivity index (χ0) is 22.6. The first-order valence-corrected chi connectivity index (χ1v) is 11.3. The Labute approximate surface area is 195 Å². The van der Waals surface area contributed by atoms with Crippen molar-refractivity contribution in [3.63, 3.8) is 0 Å². The van der Waals surface area contributed by atoms with Crippen molar-refractivity contribution in [2.24, 2.45) is 0 Å². The van der Waals surface area contributed by atoms with Crippen LogP contribution in [0.1, 0.15) is 5.69 Å². The molecule has 0 saturated heterocycles. The minimum absolute atomic E-state index is 0.126. The monoisotopic (exact) mass is 455 g/mol. The second-order valence-electron chi connectivity index (χ2n) is 7.37. The number of nitrogens with zero attached hydrogens (tertiary/aromatic N) is 2. The lowest BCUT2D eigenvalue weighted by molar-refractivity contribution is -0.115. The Morgan fingerprint density at radius 1 is 0.970 bits per heavy atom. The highest BCUT2D eigenvalue weighted by atomic mass is 32.1. The van der Waals surface area contributed by atoms with E-state index in [4.69, 9.17) is 14.5 Å². The number of aromatic nitrogens is 2. The molecule has 2 heterocycles. The van der Waals surface area contributed by atoms with Gasteiger partial charge in [0.25, 0.3) is 0 Å². The number of benzene rings is 3. The number of fused-ring (bicyclic) bond motifs is 1. The van der Waals surface area contributed by atoms with Gasteiger partial charge in [-0.2, -0.15) is 0 Å². The van der Waals surface area contributed by atoms with E-state index in [1.807, 2.05) is 94.8 Å². The van der Waals surface area contributed by atoms with Gasteiger partial charge in [-0.15, -0.1) is 11.3 Å². The lowest BCUT2D eigenvalue weighted by atomic mass is 10.2. The van der Waals surface area contributed by atoms with E-state index in [0.717, 1.165) is 27.7 Å². The summed E-state index contributed by atoms with van der Waals surface area (Å²) >= 11 is 1.51. The largest absolute Gasteiger partial charge is 0.497 e. The van der Waals surface area contributed by atoms with Crippen molar-refractivity contribution >= 4 is 27.9 Å². The Morgan fingerprint density at radius 2 is 1.73 bits per heavy atom. The van der Waals surface area contributed by atoms with Gasteiger partial charge in [-0.3, -0.25) is 9.20 Å². The zero-order valence-corrected chi connectivity index (χ0v) is 18.7. The van der Waals surface area contributed by atoms with E-state index in [0.29, 0.717) is 17.2 Å². The number of hydrogen-bond acceptors (Lipinski definition) is 5. The Hall–Kier alpha value is -4.10. The highest BCUT2D eigenvalue weighted by molar-refractivity contribution is 7.15. The molecule has 1 N–H and O–H groups in total. The van der Waals surface area contributed by atoms with Crippen LogP contribution in [0, 0.1) is 0 Å². The predicted molar refractivity (Wildman–Crippen MR) is 130 cm³/mol. The average molecular weight is 456 g/mol. The Morgan fingerprint density at radius 3 is 2.52 bits per heavy atom. The molecule has 0 spiro atoms. The van der Waals surface area contributed by atoms with Crippen molar-refractivity contribution in [2.45, 2.75) is 6.42 Å². The van der Waals surface area contributed by atoms with Crippen molar-refractivity contribution < 1.29 is 14.3 Å². The third-order valence-corrected chi connectivity index (χ3v) is 6.03. The SMILES string of the molecule is COc1ccc(-c2cn3c(CC(=O)Nc4ccccc4Oc4ccccc4)csc3n2)cc1. The number of para-hydroxylation sites is 3. The van der Waals surface area contributed by atoms with Gasteiger partial charge in [0.05, 0.1) is 24.9 Å². The molecule has 3 aromatic carbocycles. The van der Waals surface area contributed by atoms with Crippen LogP contribution in [0.15, 0.2) is 90.4 Å². The number of thiazole rings is 1. The van der Waals surface area contributed by atoms with Crippen LogP contribution >= 0.6 is 11.3 Å². The topological polar surface area (TPSA) is 64.9 Å². The molecule has 0 unspecified atom stereocenters. The number of carbonyl (C=O) groups is 1. The van der Waals surface area contributed by atoms with Crippen LogP contribution in [0.2, 0.25) is 0 Å². The minimum atomic E-state index is -0.126. The molecule has 0 aliphatic heterocycles. The van der Waals surface area contributed by atoms with Crippen LogP contribution in [0.25, 0.3) is 16.2 Å². The summed E-state index contributed by atoms with van der Waals surface area (Å²) in [5.41, 5.74) is 3.35. The molecular weight excluding hydrogens is 434 g/mol. The van der Waals surface area contributed by atoms with E-state index in [-0.39, 0.29) is 12.3 Å². The molecule has 5 rings (SSSR count). The number of imidazole rings is 1. The quantitative estimate of drug-likeness (QED) is 0.325. The fourth-order valence-corrected chi connectivity index (χ4v) is 4.36. The summed E-state index contributed by atoms with van der Waals surface area (Å²) in [6.45, 7) is 0. The molecule has 0 saturated carbocycles. The highest BCUT2D eigenvalue weighted by Crippen LogP contribution is 2.30. The van der Waals surface area contributed by atoms with E-state index >= 15 is 0 Å². The fourth-order valence-electron chi connectivity index (χ4n) is 3.49. The van der Waals surface area contributed by atoms with Gasteiger partial charge in [0.2, 0.25) is 5.91 Å². The van der Waals surface area contributed by atoms with Crippen LogP contribution in [0.3, 0.4) is 0 Å². The third kappa shape index (κ3) is 4.58. The molecule has 0 aliphatic carbocycles. The van der Waals surface area contributed by atoms with E-state index in [2.05, 4.69) is 5.32 Å². The number of carbonyl (C=O) groups excluding carboxylic acids is 1. The van der Waals surface area contributed by atoms with Gasteiger partial charge in [-0.1, -0.05) is 30.3 Å². The van der Waals surface area contributed by atoms with Crippen molar-refractivity contribution in [1.82, 2.24) is 9.38 Å². The Kier molecular flexibility index (Phi) is 5.78. The lowest BCUT2D eigenvalue weighted by Gasteiger charge is -2.12. The summed E-state index contributed by atoms with van der Waals surface area (Å²) in [5.74, 6) is 1.98. The van der Waals surface area contributed by atoms with Gasteiger partial charge in [0, 0.05) is 22.8 Å². The van der Waals surface area contributed by atoms with Gasteiger partial charge in [0.15, 0.2) is 10.7 Å². The Bertz CT molecular complexity index is 1390. The van der Waals surface area contributed by atoms with E-state index < -0.39 is 0 Å². The van der Waals surface area contributed by atoms with Gasteiger partial charge in [-0.25, -0.2) is 4.98 Å². The molecule has 6 nitrogen and oxygen atoms in total. The number of anilines is 1. The van der Waals surface area contributed by atoms with Crippen molar-refractivity contribution in [2.75, 3.05) is 12.4 Å². The number of nitrogens with one attached hydrogen (secondary N) is 1. The van der Waals surface area contributed by atoms with E-state index in [1.165, 1.54) is 11.3 Å². The number of methoxy groups -OCH3 is 1. The van der Waals surface area contributed by atoms with E-state index in [9.17, 15) is 4.79 Å².